The molecule has 4 nitrogen and oxygen atoms in total. The van der Waals surface area contributed by atoms with Gasteiger partial charge in [0.15, 0.2) is 0 Å². The van der Waals surface area contributed by atoms with Gasteiger partial charge in [-0.15, -0.1) is 0 Å². The summed E-state index contributed by atoms with van der Waals surface area (Å²) in [4.78, 5) is 21.0. The van der Waals surface area contributed by atoms with Crippen molar-refractivity contribution in [2.45, 2.75) is 12.8 Å². The second-order valence-corrected chi connectivity index (χ2v) is 3.70. The number of carboxylic acid groups (broad SMARTS) is 2. The largest absolute Gasteiger partial charge is 0.481 e. The highest BCUT2D eigenvalue weighted by molar-refractivity contribution is 5.77. The van der Waals surface area contributed by atoms with Crippen molar-refractivity contribution in [1.29, 1.82) is 0 Å². The number of fused-ring (bicyclic) bond motifs is 1. The summed E-state index contributed by atoms with van der Waals surface area (Å²) in [5.41, 5.74) is 0. The van der Waals surface area contributed by atoms with Gasteiger partial charge in [-0.2, -0.15) is 0 Å². The molecule has 2 rings (SSSR count). The fourth-order valence-electron chi connectivity index (χ4n) is 2.41. The van der Waals surface area contributed by atoms with Gasteiger partial charge in [0, 0.05) is 0 Å². The smallest absolute Gasteiger partial charge is 0.307 e. The van der Waals surface area contributed by atoms with Gasteiger partial charge < -0.3 is 10.2 Å². The minimum absolute atomic E-state index is 0.156. The molecule has 12 heavy (non-hydrogen) atoms. The van der Waals surface area contributed by atoms with Gasteiger partial charge >= 0.3 is 11.9 Å². The van der Waals surface area contributed by atoms with E-state index >= 15 is 0 Å². The van der Waals surface area contributed by atoms with Crippen LogP contribution in [-0.2, 0) is 9.59 Å². The Labute approximate surface area is 69.2 Å². The van der Waals surface area contributed by atoms with Gasteiger partial charge in [0.2, 0.25) is 0 Å². The maximum absolute atomic E-state index is 10.5. The summed E-state index contributed by atoms with van der Waals surface area (Å²) in [6, 6.07) is 0. The van der Waals surface area contributed by atoms with Crippen LogP contribution in [-0.4, -0.2) is 22.2 Å². The Bertz CT molecular complexity index is 223. The molecule has 0 aromatic heterocycles. The molecule has 0 aliphatic heterocycles. The Balaban J connectivity index is 1.94. The van der Waals surface area contributed by atoms with Crippen molar-refractivity contribution in [3.05, 3.63) is 0 Å². The topological polar surface area (TPSA) is 74.6 Å². The predicted molar refractivity (Wildman–Crippen MR) is 38.5 cm³/mol. The van der Waals surface area contributed by atoms with Gasteiger partial charge in [-0.25, -0.2) is 0 Å². The highest BCUT2D eigenvalue weighted by Crippen LogP contribution is 2.59. The lowest BCUT2D eigenvalue weighted by Gasteiger charge is -2.05. The fraction of sp³-hybridized carbons (Fsp3) is 0.750. The Morgan fingerprint density at radius 1 is 1.00 bits per heavy atom. The third kappa shape index (κ3) is 0.906. The molecular weight excluding hydrogens is 160 g/mol. The van der Waals surface area contributed by atoms with E-state index in [2.05, 4.69) is 0 Å². The molecule has 2 aliphatic rings. The molecular formula is C8H10O4. The van der Waals surface area contributed by atoms with Gasteiger partial charge in [-0.3, -0.25) is 9.59 Å². The number of hydrogen-bond donors (Lipinski definition) is 2. The normalized spacial score (nSPS) is 43.7. The average molecular weight is 170 g/mol. The maximum atomic E-state index is 10.5. The quantitative estimate of drug-likeness (QED) is 0.630. The Hall–Kier alpha value is -1.06. The van der Waals surface area contributed by atoms with Crippen LogP contribution in [0.3, 0.4) is 0 Å². The van der Waals surface area contributed by atoms with Crippen molar-refractivity contribution in [2.75, 3.05) is 0 Å². The second kappa shape index (κ2) is 2.21. The summed E-state index contributed by atoms with van der Waals surface area (Å²) < 4.78 is 0. The van der Waals surface area contributed by atoms with E-state index in [0.29, 0.717) is 12.8 Å². The van der Waals surface area contributed by atoms with Crippen LogP contribution in [0.1, 0.15) is 12.8 Å². The van der Waals surface area contributed by atoms with Crippen LogP contribution in [0.2, 0.25) is 0 Å². The number of hydrogen-bond acceptors (Lipinski definition) is 2. The summed E-state index contributed by atoms with van der Waals surface area (Å²) in [7, 11) is 0. The average Bonchev–Trinajstić information content (AvgIpc) is 2.48. The number of carbonyl (C=O) groups is 2. The zero-order valence-corrected chi connectivity index (χ0v) is 6.43. The van der Waals surface area contributed by atoms with Crippen molar-refractivity contribution in [1.82, 2.24) is 0 Å². The first-order chi connectivity index (χ1) is 5.61. The summed E-state index contributed by atoms with van der Waals surface area (Å²) in [6.07, 6.45) is 1.13. The van der Waals surface area contributed by atoms with Crippen molar-refractivity contribution < 1.29 is 19.8 Å². The molecule has 0 heterocycles. The van der Waals surface area contributed by atoms with Crippen LogP contribution >= 0.6 is 0 Å². The monoisotopic (exact) mass is 170 g/mol. The lowest BCUT2D eigenvalue weighted by molar-refractivity contribution is -0.144. The van der Waals surface area contributed by atoms with Crippen LogP contribution in [0.5, 0.6) is 0 Å². The summed E-state index contributed by atoms with van der Waals surface area (Å²) in [5, 5.41) is 17.3. The number of rotatable bonds is 2. The van der Waals surface area contributed by atoms with Crippen LogP contribution in [0, 0.1) is 23.7 Å². The van der Waals surface area contributed by atoms with Gasteiger partial charge in [0.05, 0.1) is 11.8 Å². The lowest BCUT2D eigenvalue weighted by atomic mass is 10.0. The minimum Gasteiger partial charge on any atom is -0.481 e. The van der Waals surface area contributed by atoms with Crippen LogP contribution in [0.25, 0.3) is 0 Å². The summed E-state index contributed by atoms with van der Waals surface area (Å²) in [5.74, 6) is -1.73. The summed E-state index contributed by atoms with van der Waals surface area (Å²) in [6.45, 7) is 0. The zero-order chi connectivity index (χ0) is 8.88. The van der Waals surface area contributed by atoms with Crippen LogP contribution < -0.4 is 0 Å². The van der Waals surface area contributed by atoms with E-state index in [1.807, 2.05) is 0 Å². The highest BCUT2D eigenvalue weighted by Gasteiger charge is 2.61. The number of aliphatic carboxylic acids is 2. The first-order valence-electron chi connectivity index (χ1n) is 4.07. The molecule has 0 aromatic rings. The molecule has 0 bridgehead atoms. The van der Waals surface area contributed by atoms with Crippen molar-refractivity contribution in [2.24, 2.45) is 23.7 Å². The van der Waals surface area contributed by atoms with Gasteiger partial charge in [-0.1, -0.05) is 0 Å². The lowest BCUT2D eigenvalue weighted by Crippen LogP contribution is -2.15. The molecule has 2 N–H and O–H groups in total. The third-order valence-electron chi connectivity index (χ3n) is 3.08. The van der Waals surface area contributed by atoms with Crippen LogP contribution in [0.15, 0.2) is 0 Å². The molecule has 2 aliphatic carbocycles. The highest BCUT2D eigenvalue weighted by atomic mass is 16.4. The standard InChI is InChI=1S/C8H10O4/c9-7(10)3-1-4-5(2-3)6(4)8(11)12/h3-6H,1-2H2,(H,9,10)(H,11,12). The molecule has 0 radical (unpaired) electrons. The Kier molecular flexibility index (Phi) is 1.40. The first-order valence-corrected chi connectivity index (χ1v) is 4.07. The summed E-state index contributed by atoms with van der Waals surface area (Å²) >= 11 is 0. The molecule has 2 atom stereocenters. The SMILES string of the molecule is O=C(O)C1CC2C(C1)C2C(=O)O. The molecule has 0 spiro atoms. The zero-order valence-electron chi connectivity index (χ0n) is 6.43. The van der Waals surface area contributed by atoms with Gasteiger partial charge in [-0.05, 0) is 24.7 Å². The van der Waals surface area contributed by atoms with E-state index in [0.717, 1.165) is 0 Å². The molecule has 2 saturated carbocycles. The Morgan fingerprint density at radius 3 is 1.83 bits per heavy atom. The second-order valence-electron chi connectivity index (χ2n) is 3.70. The number of carboxylic acids is 2. The van der Waals surface area contributed by atoms with E-state index in [9.17, 15) is 9.59 Å². The van der Waals surface area contributed by atoms with Crippen molar-refractivity contribution in [3.63, 3.8) is 0 Å². The predicted octanol–water partition coefficient (Wildman–Crippen LogP) is 0.428. The molecule has 0 saturated heterocycles. The third-order valence-corrected chi connectivity index (χ3v) is 3.08. The van der Waals surface area contributed by atoms with E-state index in [1.165, 1.54) is 0 Å². The molecule has 2 fully saturated rings. The van der Waals surface area contributed by atoms with Crippen molar-refractivity contribution >= 4 is 11.9 Å². The fourth-order valence-corrected chi connectivity index (χ4v) is 2.41. The van der Waals surface area contributed by atoms with E-state index in [4.69, 9.17) is 10.2 Å². The first kappa shape index (κ1) is 7.58. The van der Waals surface area contributed by atoms with Crippen molar-refractivity contribution in [3.8, 4) is 0 Å². The van der Waals surface area contributed by atoms with Crippen LogP contribution in [0.4, 0.5) is 0 Å². The molecule has 66 valence electrons. The minimum atomic E-state index is -0.772. The molecule has 2 unspecified atom stereocenters. The molecule has 0 aromatic carbocycles. The Morgan fingerprint density at radius 2 is 1.50 bits per heavy atom. The van der Waals surface area contributed by atoms with E-state index in [1.54, 1.807) is 0 Å². The van der Waals surface area contributed by atoms with Gasteiger partial charge in [0.25, 0.3) is 0 Å². The van der Waals surface area contributed by atoms with Gasteiger partial charge in [0.1, 0.15) is 0 Å². The van der Waals surface area contributed by atoms with E-state index in [-0.39, 0.29) is 23.7 Å². The maximum Gasteiger partial charge on any atom is 0.307 e. The molecule has 4 heteroatoms. The van der Waals surface area contributed by atoms with E-state index < -0.39 is 11.9 Å². The molecule has 0 amide bonds.